The molecular formula is C27H23NO4. The zero-order valence-electron chi connectivity index (χ0n) is 18.0. The molecule has 1 unspecified atom stereocenters. The molecule has 0 fully saturated rings. The van der Waals surface area contributed by atoms with Crippen molar-refractivity contribution in [1.82, 2.24) is 4.90 Å². The van der Waals surface area contributed by atoms with Gasteiger partial charge < -0.3 is 14.1 Å². The third-order valence-electron chi connectivity index (χ3n) is 6.01. The van der Waals surface area contributed by atoms with Crippen molar-refractivity contribution in [3.05, 3.63) is 111 Å². The van der Waals surface area contributed by atoms with Crippen LogP contribution in [0.5, 0.6) is 5.75 Å². The topological polar surface area (TPSA) is 59.8 Å². The number of rotatable bonds is 5. The van der Waals surface area contributed by atoms with Gasteiger partial charge in [0.25, 0.3) is 5.91 Å². The molecule has 32 heavy (non-hydrogen) atoms. The minimum absolute atomic E-state index is 0.132. The highest BCUT2D eigenvalue weighted by Crippen LogP contribution is 2.39. The van der Waals surface area contributed by atoms with E-state index in [1.165, 1.54) is 0 Å². The molecule has 5 heteroatoms. The molecule has 1 amide bonds. The van der Waals surface area contributed by atoms with Crippen LogP contribution in [0.1, 0.15) is 38.9 Å². The second-order valence-corrected chi connectivity index (χ2v) is 8.09. The van der Waals surface area contributed by atoms with Crippen LogP contribution in [0, 0.1) is 6.92 Å². The van der Waals surface area contributed by atoms with Gasteiger partial charge in [0.05, 0.1) is 24.1 Å². The Labute approximate surface area is 185 Å². The Morgan fingerprint density at radius 2 is 1.78 bits per heavy atom. The van der Waals surface area contributed by atoms with Crippen LogP contribution < -0.4 is 10.2 Å². The summed E-state index contributed by atoms with van der Waals surface area (Å²) in [6, 6.07) is 22.5. The van der Waals surface area contributed by atoms with Gasteiger partial charge in [-0.1, -0.05) is 54.1 Å². The summed E-state index contributed by atoms with van der Waals surface area (Å²) in [5.74, 6) is 0.544. The molecule has 1 aromatic heterocycles. The Morgan fingerprint density at radius 1 is 0.969 bits per heavy atom. The molecule has 3 aromatic carbocycles. The Morgan fingerprint density at radius 3 is 2.56 bits per heavy atom. The maximum atomic E-state index is 13.6. The first-order chi connectivity index (χ1) is 15.6. The van der Waals surface area contributed by atoms with Crippen molar-refractivity contribution < 1.29 is 13.9 Å². The number of ether oxygens (including phenoxy) is 1. The van der Waals surface area contributed by atoms with Crippen LogP contribution in [0.3, 0.4) is 0 Å². The number of methoxy groups -OCH3 is 1. The molecule has 0 saturated heterocycles. The van der Waals surface area contributed by atoms with Gasteiger partial charge in [0.1, 0.15) is 11.3 Å². The van der Waals surface area contributed by atoms with Gasteiger partial charge in [0.15, 0.2) is 5.43 Å². The fraction of sp³-hybridized carbons (Fsp3) is 0.185. The van der Waals surface area contributed by atoms with Crippen LogP contribution in [-0.2, 0) is 6.42 Å². The quantitative estimate of drug-likeness (QED) is 0.456. The smallest absolute Gasteiger partial charge is 0.290 e. The Hall–Kier alpha value is -3.86. The molecule has 1 atom stereocenters. The lowest BCUT2D eigenvalue weighted by molar-refractivity contribution is 0.0730. The molecule has 1 aliphatic rings. The van der Waals surface area contributed by atoms with E-state index in [9.17, 15) is 9.59 Å². The highest BCUT2D eigenvalue weighted by Gasteiger charge is 2.42. The second-order valence-electron chi connectivity index (χ2n) is 8.09. The first-order valence-electron chi connectivity index (χ1n) is 10.6. The average molecular weight is 425 g/mol. The largest absolute Gasteiger partial charge is 0.497 e. The first kappa shape index (κ1) is 20.1. The number of nitrogens with zero attached hydrogens (tertiary/aromatic N) is 1. The lowest BCUT2D eigenvalue weighted by atomic mass is 9.97. The minimum Gasteiger partial charge on any atom is -0.497 e. The van der Waals surface area contributed by atoms with E-state index in [4.69, 9.17) is 9.15 Å². The zero-order chi connectivity index (χ0) is 22.2. The maximum absolute atomic E-state index is 13.6. The minimum atomic E-state index is -0.530. The van der Waals surface area contributed by atoms with Crippen LogP contribution in [0.25, 0.3) is 11.0 Å². The summed E-state index contributed by atoms with van der Waals surface area (Å²) in [6.07, 6.45) is 0.674. The maximum Gasteiger partial charge on any atom is 0.290 e. The van der Waals surface area contributed by atoms with Crippen molar-refractivity contribution >= 4 is 16.9 Å². The predicted molar refractivity (Wildman–Crippen MR) is 123 cm³/mol. The van der Waals surface area contributed by atoms with Gasteiger partial charge in [-0.05, 0) is 48.7 Å². The summed E-state index contributed by atoms with van der Waals surface area (Å²) in [6.45, 7) is 2.40. The van der Waals surface area contributed by atoms with Gasteiger partial charge in [0.2, 0.25) is 5.76 Å². The second kappa shape index (κ2) is 8.00. The zero-order valence-corrected chi connectivity index (χ0v) is 18.0. The van der Waals surface area contributed by atoms with E-state index in [1.54, 1.807) is 18.1 Å². The Kier molecular flexibility index (Phi) is 5.02. The SMILES string of the molecule is COc1cccc(C2c3c(oc4ccc(C)cc4c3=O)C(=O)N2CCc2ccccc2)c1. The van der Waals surface area contributed by atoms with Gasteiger partial charge in [-0.15, -0.1) is 0 Å². The highest BCUT2D eigenvalue weighted by atomic mass is 16.5. The van der Waals surface area contributed by atoms with Gasteiger partial charge in [-0.3, -0.25) is 9.59 Å². The first-order valence-corrected chi connectivity index (χ1v) is 10.6. The van der Waals surface area contributed by atoms with Crippen LogP contribution in [0.2, 0.25) is 0 Å². The van der Waals surface area contributed by atoms with Crippen molar-refractivity contribution in [3.8, 4) is 5.75 Å². The molecule has 1 aliphatic heterocycles. The monoisotopic (exact) mass is 425 g/mol. The number of carbonyl (C=O) groups is 1. The van der Waals surface area contributed by atoms with Crippen molar-refractivity contribution in [2.45, 2.75) is 19.4 Å². The molecular weight excluding hydrogens is 402 g/mol. The number of carbonyl (C=O) groups excluding carboxylic acids is 1. The number of benzene rings is 3. The van der Waals surface area contributed by atoms with Crippen molar-refractivity contribution in [1.29, 1.82) is 0 Å². The molecule has 4 aromatic rings. The van der Waals surface area contributed by atoms with E-state index < -0.39 is 6.04 Å². The van der Waals surface area contributed by atoms with Crippen molar-refractivity contribution in [3.63, 3.8) is 0 Å². The number of amides is 1. The van der Waals surface area contributed by atoms with Crippen molar-refractivity contribution in [2.24, 2.45) is 0 Å². The van der Waals surface area contributed by atoms with Crippen LogP contribution in [-0.4, -0.2) is 24.5 Å². The molecule has 5 rings (SSSR count). The third kappa shape index (κ3) is 3.36. The predicted octanol–water partition coefficient (Wildman–Crippen LogP) is 4.90. The molecule has 0 aliphatic carbocycles. The van der Waals surface area contributed by atoms with Crippen LogP contribution >= 0.6 is 0 Å². The molecule has 5 nitrogen and oxygen atoms in total. The number of hydrogen-bond donors (Lipinski definition) is 0. The standard InChI is InChI=1S/C27H23NO4/c1-17-11-12-22-21(15-17)25(29)23-24(19-9-6-10-20(16-19)31-2)28(27(30)26(23)32-22)14-13-18-7-4-3-5-8-18/h3-12,15-16,24H,13-14H2,1-2H3. The summed E-state index contributed by atoms with van der Waals surface area (Å²) in [7, 11) is 1.60. The third-order valence-corrected chi connectivity index (χ3v) is 6.01. The summed E-state index contributed by atoms with van der Waals surface area (Å²) >= 11 is 0. The molecule has 0 bridgehead atoms. The summed E-state index contributed by atoms with van der Waals surface area (Å²) < 4.78 is 11.4. The Bertz CT molecular complexity index is 1370. The van der Waals surface area contributed by atoms with E-state index in [0.29, 0.717) is 35.2 Å². The van der Waals surface area contributed by atoms with Crippen LogP contribution in [0.15, 0.2) is 82.0 Å². The number of fused-ring (bicyclic) bond motifs is 2. The summed E-state index contributed by atoms with van der Waals surface area (Å²) in [4.78, 5) is 28.8. The molecule has 2 heterocycles. The molecule has 0 spiro atoms. The normalized spacial score (nSPS) is 15.2. The van der Waals surface area contributed by atoms with Crippen LogP contribution in [0.4, 0.5) is 0 Å². The molecule has 0 radical (unpaired) electrons. The van der Waals surface area contributed by atoms with Crippen molar-refractivity contribution in [2.75, 3.05) is 13.7 Å². The highest BCUT2D eigenvalue weighted by molar-refractivity contribution is 5.99. The fourth-order valence-corrected chi connectivity index (χ4v) is 4.42. The van der Waals surface area contributed by atoms with Gasteiger partial charge in [0, 0.05) is 6.54 Å². The summed E-state index contributed by atoms with van der Waals surface area (Å²) in [5.41, 5.74) is 3.59. The van der Waals surface area contributed by atoms with Gasteiger partial charge in [-0.25, -0.2) is 0 Å². The lowest BCUT2D eigenvalue weighted by Gasteiger charge is -2.25. The number of hydrogen-bond acceptors (Lipinski definition) is 4. The van der Waals surface area contributed by atoms with E-state index in [2.05, 4.69) is 0 Å². The summed E-state index contributed by atoms with van der Waals surface area (Å²) in [5, 5.41) is 0.495. The molecule has 0 N–H and O–H groups in total. The van der Waals surface area contributed by atoms with E-state index in [0.717, 1.165) is 16.7 Å². The van der Waals surface area contributed by atoms with Gasteiger partial charge >= 0.3 is 0 Å². The average Bonchev–Trinajstić information content (AvgIpc) is 3.10. The molecule has 160 valence electrons. The van der Waals surface area contributed by atoms with E-state index >= 15 is 0 Å². The Balaban J connectivity index is 1.67. The number of aryl methyl sites for hydroxylation is 1. The van der Waals surface area contributed by atoms with E-state index in [-0.39, 0.29) is 17.1 Å². The fourth-order valence-electron chi connectivity index (χ4n) is 4.42. The van der Waals surface area contributed by atoms with Gasteiger partial charge in [-0.2, -0.15) is 0 Å². The lowest BCUT2D eigenvalue weighted by Crippen LogP contribution is -2.31. The molecule has 0 saturated carbocycles. The van der Waals surface area contributed by atoms with E-state index in [1.807, 2.05) is 73.7 Å².